The molecule has 1 rings (SSSR count). The Morgan fingerprint density at radius 2 is 1.91 bits per heavy atom. The number of carbonyl (C=O) groups excluding carboxylic acids is 2. The first-order valence-corrected chi connectivity index (χ1v) is 7.81. The molecule has 23 heavy (non-hydrogen) atoms. The third kappa shape index (κ3) is 5.16. The fourth-order valence-electron chi connectivity index (χ4n) is 2.43. The lowest BCUT2D eigenvalue weighted by molar-refractivity contribution is -0.124. The highest BCUT2D eigenvalue weighted by Crippen LogP contribution is 2.26. The van der Waals surface area contributed by atoms with Gasteiger partial charge in [-0.15, -0.1) is 0 Å². The van der Waals surface area contributed by atoms with Crippen LogP contribution in [0.1, 0.15) is 44.4 Å². The Hall–Kier alpha value is -2.24. The maximum atomic E-state index is 12.5. The first-order valence-electron chi connectivity index (χ1n) is 7.81. The molecule has 0 aromatic heterocycles. The van der Waals surface area contributed by atoms with Gasteiger partial charge in [0.15, 0.2) is 0 Å². The number of ether oxygens (including phenoxy) is 1. The maximum absolute atomic E-state index is 12.5. The molecule has 0 aliphatic rings. The minimum atomic E-state index is -0.703. The molecule has 128 valence electrons. The molecule has 0 fully saturated rings. The Labute approximate surface area is 137 Å². The molecule has 1 aromatic carbocycles. The molecule has 0 bridgehead atoms. The lowest BCUT2D eigenvalue weighted by Crippen LogP contribution is -2.52. The number of rotatable bonds is 7. The summed E-state index contributed by atoms with van der Waals surface area (Å²) in [7, 11) is 1.60. The number of nitrogens with two attached hydrogens (primary N) is 1. The van der Waals surface area contributed by atoms with Gasteiger partial charge in [-0.05, 0) is 25.8 Å². The normalized spacial score (nSPS) is 14.5. The summed E-state index contributed by atoms with van der Waals surface area (Å²) in [6, 6.07) is 4.19. The van der Waals surface area contributed by atoms with Crippen LogP contribution in [0, 0.1) is 12.8 Å². The molecular formula is C17H27N3O3. The van der Waals surface area contributed by atoms with E-state index in [2.05, 4.69) is 10.6 Å². The lowest BCUT2D eigenvalue weighted by Gasteiger charge is -2.25. The minimum absolute atomic E-state index is 0.0193. The zero-order chi connectivity index (χ0) is 17.6. The number of hydrogen-bond donors (Lipinski definition) is 3. The molecule has 3 atom stereocenters. The van der Waals surface area contributed by atoms with Crippen LogP contribution in [0.5, 0.6) is 5.75 Å². The number of hydrogen-bond acceptors (Lipinski definition) is 3. The fraction of sp³-hybridized carbons (Fsp3) is 0.529. The number of methoxy groups -OCH3 is 1. The summed E-state index contributed by atoms with van der Waals surface area (Å²) in [4.78, 5) is 23.7. The lowest BCUT2D eigenvalue weighted by atomic mass is 9.97. The number of aryl methyl sites for hydroxylation is 1. The van der Waals surface area contributed by atoms with Crippen LogP contribution < -0.4 is 21.1 Å². The van der Waals surface area contributed by atoms with Crippen LogP contribution in [-0.2, 0) is 4.79 Å². The van der Waals surface area contributed by atoms with Crippen molar-refractivity contribution in [1.29, 1.82) is 0 Å². The molecule has 0 saturated carbocycles. The van der Waals surface area contributed by atoms with Gasteiger partial charge < -0.3 is 21.1 Å². The van der Waals surface area contributed by atoms with Gasteiger partial charge in [0.05, 0.1) is 13.2 Å². The van der Waals surface area contributed by atoms with Crippen molar-refractivity contribution in [3.05, 3.63) is 29.3 Å². The fourth-order valence-corrected chi connectivity index (χ4v) is 2.43. The summed E-state index contributed by atoms with van der Waals surface area (Å²) in [6.45, 7) is 7.72. The summed E-state index contributed by atoms with van der Waals surface area (Å²) >= 11 is 0. The first kappa shape index (κ1) is 18.8. The van der Waals surface area contributed by atoms with Crippen LogP contribution >= 0.6 is 0 Å². The van der Waals surface area contributed by atoms with Crippen molar-refractivity contribution in [3.8, 4) is 5.75 Å². The molecular weight excluding hydrogens is 294 g/mol. The summed E-state index contributed by atoms with van der Waals surface area (Å²) in [5, 5.41) is 5.45. The van der Waals surface area contributed by atoms with Crippen LogP contribution in [0.15, 0.2) is 18.2 Å². The second kappa shape index (κ2) is 8.41. The molecule has 0 saturated heterocycles. The Balaban J connectivity index is 2.93. The van der Waals surface area contributed by atoms with Gasteiger partial charge in [-0.2, -0.15) is 0 Å². The minimum Gasteiger partial charge on any atom is -0.496 e. The van der Waals surface area contributed by atoms with Gasteiger partial charge in [0.25, 0.3) is 0 Å². The Morgan fingerprint density at radius 1 is 1.26 bits per heavy atom. The van der Waals surface area contributed by atoms with Gasteiger partial charge in [0.1, 0.15) is 11.8 Å². The number of carbonyl (C=O) groups is 2. The summed E-state index contributed by atoms with van der Waals surface area (Å²) in [5.74, 6) is 0.440. The highest BCUT2D eigenvalue weighted by molar-refractivity contribution is 5.87. The van der Waals surface area contributed by atoms with E-state index in [9.17, 15) is 9.59 Å². The van der Waals surface area contributed by atoms with E-state index in [0.29, 0.717) is 5.75 Å². The molecule has 0 unspecified atom stereocenters. The van der Waals surface area contributed by atoms with Crippen molar-refractivity contribution in [1.82, 2.24) is 10.6 Å². The van der Waals surface area contributed by atoms with E-state index in [1.807, 2.05) is 45.9 Å². The monoisotopic (exact) mass is 321 g/mol. The molecule has 6 heteroatoms. The molecule has 0 aliphatic heterocycles. The smallest absolute Gasteiger partial charge is 0.312 e. The van der Waals surface area contributed by atoms with Gasteiger partial charge in [-0.25, -0.2) is 4.79 Å². The van der Waals surface area contributed by atoms with Crippen molar-refractivity contribution >= 4 is 11.9 Å². The average molecular weight is 321 g/mol. The molecule has 1 aromatic rings. The summed E-state index contributed by atoms with van der Waals surface area (Å²) < 4.78 is 5.36. The molecule has 4 N–H and O–H groups in total. The van der Waals surface area contributed by atoms with Gasteiger partial charge in [0.2, 0.25) is 5.91 Å². The third-order valence-electron chi connectivity index (χ3n) is 4.00. The number of nitrogens with one attached hydrogen (secondary N) is 2. The molecule has 0 spiro atoms. The van der Waals surface area contributed by atoms with Crippen LogP contribution in [0.3, 0.4) is 0 Å². The number of amides is 3. The van der Waals surface area contributed by atoms with E-state index in [1.165, 1.54) is 0 Å². The summed E-state index contributed by atoms with van der Waals surface area (Å²) in [6.07, 6.45) is 0.751. The second-order valence-electron chi connectivity index (χ2n) is 5.85. The standard InChI is InChI=1S/C17H27N3O3/c1-6-11(3)15(20-17(18)22)16(21)19-12(4)13-9-10(2)7-8-14(13)23-5/h7-9,11-12,15H,6H2,1-5H3,(H,19,21)(H3,18,20,22)/t11-,12+,15-/m0/s1. The number of urea groups is 1. The van der Waals surface area contributed by atoms with Crippen LogP contribution in [0.2, 0.25) is 0 Å². The Morgan fingerprint density at radius 3 is 2.43 bits per heavy atom. The average Bonchev–Trinajstić information content (AvgIpc) is 2.51. The molecule has 0 heterocycles. The van der Waals surface area contributed by atoms with E-state index >= 15 is 0 Å². The zero-order valence-corrected chi connectivity index (χ0v) is 14.5. The largest absolute Gasteiger partial charge is 0.496 e. The maximum Gasteiger partial charge on any atom is 0.312 e. The molecule has 0 aliphatic carbocycles. The van der Waals surface area contributed by atoms with Crippen molar-refractivity contribution in [2.75, 3.05) is 7.11 Å². The molecule has 0 radical (unpaired) electrons. The van der Waals surface area contributed by atoms with Crippen LogP contribution in [-0.4, -0.2) is 25.1 Å². The second-order valence-corrected chi connectivity index (χ2v) is 5.85. The topological polar surface area (TPSA) is 93.5 Å². The van der Waals surface area contributed by atoms with E-state index < -0.39 is 12.1 Å². The SMILES string of the molecule is CC[C@H](C)[C@H](NC(N)=O)C(=O)N[C@H](C)c1cc(C)ccc1OC. The molecule has 3 amide bonds. The zero-order valence-electron chi connectivity index (χ0n) is 14.5. The Kier molecular flexibility index (Phi) is 6.88. The predicted octanol–water partition coefficient (Wildman–Crippen LogP) is 2.26. The number of benzene rings is 1. The van der Waals surface area contributed by atoms with Crippen molar-refractivity contribution < 1.29 is 14.3 Å². The Bertz CT molecular complexity index is 560. The highest BCUT2D eigenvalue weighted by Gasteiger charge is 2.27. The van der Waals surface area contributed by atoms with Gasteiger partial charge in [-0.1, -0.05) is 38.0 Å². The quantitative estimate of drug-likeness (QED) is 0.719. The van der Waals surface area contributed by atoms with Gasteiger partial charge in [-0.3, -0.25) is 4.79 Å². The van der Waals surface area contributed by atoms with Crippen LogP contribution in [0.25, 0.3) is 0 Å². The van der Waals surface area contributed by atoms with Gasteiger partial charge >= 0.3 is 6.03 Å². The third-order valence-corrected chi connectivity index (χ3v) is 4.00. The predicted molar refractivity (Wildman–Crippen MR) is 90.3 cm³/mol. The summed E-state index contributed by atoms with van der Waals surface area (Å²) in [5.41, 5.74) is 7.15. The van der Waals surface area contributed by atoms with Crippen LogP contribution in [0.4, 0.5) is 4.79 Å². The van der Waals surface area contributed by atoms with Gasteiger partial charge in [0, 0.05) is 5.56 Å². The van der Waals surface area contributed by atoms with E-state index in [0.717, 1.165) is 17.5 Å². The van der Waals surface area contributed by atoms with Crippen molar-refractivity contribution in [2.45, 2.75) is 46.2 Å². The van der Waals surface area contributed by atoms with E-state index in [-0.39, 0.29) is 17.9 Å². The van der Waals surface area contributed by atoms with E-state index in [1.54, 1.807) is 7.11 Å². The molecule has 6 nitrogen and oxygen atoms in total. The van der Waals surface area contributed by atoms with E-state index in [4.69, 9.17) is 10.5 Å². The van der Waals surface area contributed by atoms with Crippen molar-refractivity contribution in [3.63, 3.8) is 0 Å². The number of primary amides is 1. The highest BCUT2D eigenvalue weighted by atomic mass is 16.5. The first-order chi connectivity index (χ1) is 10.8. The van der Waals surface area contributed by atoms with Crippen molar-refractivity contribution in [2.24, 2.45) is 11.7 Å².